The van der Waals surface area contributed by atoms with Gasteiger partial charge in [0.2, 0.25) is 0 Å². The number of hydrogen-bond donors (Lipinski definition) is 1. The lowest BCUT2D eigenvalue weighted by atomic mass is 10.1. The van der Waals surface area contributed by atoms with Crippen LogP contribution in [-0.2, 0) is 9.47 Å². The summed E-state index contributed by atoms with van der Waals surface area (Å²) in [7, 11) is 1.52. The predicted molar refractivity (Wildman–Crippen MR) is 69.6 cm³/mol. The van der Waals surface area contributed by atoms with Crippen molar-refractivity contribution in [3.8, 4) is 0 Å². The highest BCUT2D eigenvalue weighted by Gasteiger charge is 2.25. The molecular formula is C14H16FNO3. The SMILES string of the molecule is COCC(C)(C)OC(=O)c1cc2cc[nH]c2cc1F. The molecule has 1 N–H and O–H groups in total. The van der Waals surface area contributed by atoms with E-state index in [-0.39, 0.29) is 12.2 Å². The molecule has 1 aromatic heterocycles. The van der Waals surface area contributed by atoms with Crippen LogP contribution in [0.4, 0.5) is 4.39 Å². The van der Waals surface area contributed by atoms with E-state index in [0.29, 0.717) is 5.52 Å². The molecule has 2 rings (SSSR count). The van der Waals surface area contributed by atoms with Crippen molar-refractivity contribution in [1.29, 1.82) is 0 Å². The van der Waals surface area contributed by atoms with E-state index in [2.05, 4.69) is 4.98 Å². The molecule has 0 aliphatic heterocycles. The number of aromatic nitrogens is 1. The molecule has 1 aromatic carbocycles. The third kappa shape index (κ3) is 2.93. The van der Waals surface area contributed by atoms with Gasteiger partial charge in [0, 0.05) is 24.2 Å². The molecule has 5 heteroatoms. The maximum Gasteiger partial charge on any atom is 0.341 e. The second-order valence-corrected chi connectivity index (χ2v) is 4.98. The van der Waals surface area contributed by atoms with Crippen molar-refractivity contribution in [3.05, 3.63) is 35.8 Å². The molecule has 0 saturated heterocycles. The van der Waals surface area contributed by atoms with Crippen molar-refractivity contribution < 1.29 is 18.7 Å². The average molecular weight is 265 g/mol. The van der Waals surface area contributed by atoms with Crippen molar-refractivity contribution in [2.75, 3.05) is 13.7 Å². The van der Waals surface area contributed by atoms with E-state index in [4.69, 9.17) is 9.47 Å². The minimum absolute atomic E-state index is 0.0729. The number of ether oxygens (including phenoxy) is 2. The molecule has 19 heavy (non-hydrogen) atoms. The number of nitrogens with one attached hydrogen (secondary N) is 1. The molecule has 0 bridgehead atoms. The van der Waals surface area contributed by atoms with Gasteiger partial charge in [0.1, 0.15) is 11.4 Å². The third-order valence-electron chi connectivity index (χ3n) is 2.72. The van der Waals surface area contributed by atoms with Crippen molar-refractivity contribution in [1.82, 2.24) is 4.98 Å². The molecule has 102 valence electrons. The normalized spacial score (nSPS) is 11.8. The Kier molecular flexibility index (Phi) is 3.57. The number of fused-ring (bicyclic) bond motifs is 1. The molecule has 0 aliphatic carbocycles. The smallest absolute Gasteiger partial charge is 0.341 e. The number of carbonyl (C=O) groups is 1. The monoisotopic (exact) mass is 265 g/mol. The second-order valence-electron chi connectivity index (χ2n) is 4.98. The molecule has 0 saturated carbocycles. The summed E-state index contributed by atoms with van der Waals surface area (Å²) >= 11 is 0. The topological polar surface area (TPSA) is 51.3 Å². The molecule has 0 amide bonds. The summed E-state index contributed by atoms with van der Waals surface area (Å²) in [5.41, 5.74) is -0.229. The minimum Gasteiger partial charge on any atom is -0.454 e. The summed E-state index contributed by atoms with van der Waals surface area (Å²) in [6.07, 6.45) is 1.69. The zero-order valence-corrected chi connectivity index (χ0v) is 11.1. The van der Waals surface area contributed by atoms with Crippen LogP contribution in [0.5, 0.6) is 0 Å². The predicted octanol–water partition coefficient (Wildman–Crippen LogP) is 2.89. The first-order chi connectivity index (χ1) is 8.93. The number of carbonyl (C=O) groups excluding carboxylic acids is 1. The molecule has 0 radical (unpaired) electrons. The van der Waals surface area contributed by atoms with Gasteiger partial charge in [-0.2, -0.15) is 0 Å². The van der Waals surface area contributed by atoms with Gasteiger partial charge in [0.25, 0.3) is 0 Å². The Balaban J connectivity index is 2.28. The maximum atomic E-state index is 13.9. The van der Waals surface area contributed by atoms with E-state index >= 15 is 0 Å². The summed E-state index contributed by atoms with van der Waals surface area (Å²) in [6, 6.07) is 4.54. The van der Waals surface area contributed by atoms with Crippen LogP contribution in [0.3, 0.4) is 0 Å². The largest absolute Gasteiger partial charge is 0.454 e. The summed E-state index contributed by atoms with van der Waals surface area (Å²) in [5.74, 6) is -1.30. The average Bonchev–Trinajstić information content (AvgIpc) is 2.73. The number of halogens is 1. The Labute approximate surface area is 110 Å². The van der Waals surface area contributed by atoms with Crippen LogP contribution in [0.15, 0.2) is 24.4 Å². The Morgan fingerprint density at radius 3 is 2.84 bits per heavy atom. The van der Waals surface area contributed by atoms with Crippen molar-refractivity contribution in [3.63, 3.8) is 0 Å². The first-order valence-corrected chi connectivity index (χ1v) is 5.92. The highest BCUT2D eigenvalue weighted by molar-refractivity contribution is 5.95. The van der Waals surface area contributed by atoms with Crippen LogP contribution in [-0.4, -0.2) is 30.3 Å². The van der Waals surface area contributed by atoms with Gasteiger partial charge in [0.15, 0.2) is 0 Å². The number of methoxy groups -OCH3 is 1. The van der Waals surface area contributed by atoms with Crippen molar-refractivity contribution in [2.45, 2.75) is 19.4 Å². The Bertz CT molecular complexity index is 604. The second kappa shape index (κ2) is 5.01. The lowest BCUT2D eigenvalue weighted by Crippen LogP contribution is -2.33. The number of hydrogen-bond acceptors (Lipinski definition) is 3. The molecule has 0 spiro atoms. The first-order valence-electron chi connectivity index (χ1n) is 5.92. The van der Waals surface area contributed by atoms with Gasteiger partial charge in [0.05, 0.1) is 12.2 Å². The number of rotatable bonds is 4. The van der Waals surface area contributed by atoms with Gasteiger partial charge < -0.3 is 14.5 Å². The molecule has 1 heterocycles. The standard InChI is InChI=1S/C14H16FNO3/c1-14(2,8-18-3)19-13(17)10-6-9-4-5-16-12(9)7-11(10)15/h4-7,16H,8H2,1-3H3. The van der Waals surface area contributed by atoms with Crippen LogP contribution in [0.2, 0.25) is 0 Å². The number of H-pyrrole nitrogens is 1. The van der Waals surface area contributed by atoms with Crippen molar-refractivity contribution in [2.24, 2.45) is 0 Å². The van der Waals surface area contributed by atoms with Gasteiger partial charge >= 0.3 is 5.97 Å². The quantitative estimate of drug-likeness (QED) is 0.865. The highest BCUT2D eigenvalue weighted by Crippen LogP contribution is 2.21. The fourth-order valence-corrected chi connectivity index (χ4v) is 1.91. The third-order valence-corrected chi connectivity index (χ3v) is 2.72. The summed E-state index contributed by atoms with van der Waals surface area (Å²) < 4.78 is 24.1. The van der Waals surface area contributed by atoms with Crippen LogP contribution in [0, 0.1) is 5.82 Å². The van der Waals surface area contributed by atoms with E-state index in [9.17, 15) is 9.18 Å². The van der Waals surface area contributed by atoms with Crippen LogP contribution in [0.25, 0.3) is 10.9 Å². The summed E-state index contributed by atoms with van der Waals surface area (Å²) in [6.45, 7) is 3.66. The van der Waals surface area contributed by atoms with E-state index < -0.39 is 17.4 Å². The van der Waals surface area contributed by atoms with E-state index in [1.807, 2.05) is 0 Å². The van der Waals surface area contributed by atoms with E-state index in [1.165, 1.54) is 19.2 Å². The molecule has 0 atom stereocenters. The van der Waals surface area contributed by atoms with Gasteiger partial charge in [-0.05, 0) is 32.0 Å². The summed E-state index contributed by atoms with van der Waals surface area (Å²) in [5, 5.41) is 0.762. The molecular weight excluding hydrogens is 249 g/mol. The number of esters is 1. The zero-order valence-electron chi connectivity index (χ0n) is 11.1. The molecule has 2 aromatic rings. The van der Waals surface area contributed by atoms with Gasteiger partial charge in [-0.15, -0.1) is 0 Å². The lowest BCUT2D eigenvalue weighted by Gasteiger charge is -2.24. The Hall–Kier alpha value is -1.88. The zero-order chi connectivity index (χ0) is 14.0. The van der Waals surface area contributed by atoms with Gasteiger partial charge in [-0.1, -0.05) is 0 Å². The van der Waals surface area contributed by atoms with Crippen LogP contribution in [0.1, 0.15) is 24.2 Å². The Morgan fingerprint density at radius 2 is 2.16 bits per heavy atom. The van der Waals surface area contributed by atoms with Gasteiger partial charge in [-0.25, -0.2) is 9.18 Å². The highest BCUT2D eigenvalue weighted by atomic mass is 19.1. The van der Waals surface area contributed by atoms with Crippen LogP contribution >= 0.6 is 0 Å². The summed E-state index contributed by atoms with van der Waals surface area (Å²) in [4.78, 5) is 14.9. The van der Waals surface area contributed by atoms with Crippen molar-refractivity contribution >= 4 is 16.9 Å². The molecule has 0 aliphatic rings. The van der Waals surface area contributed by atoms with E-state index in [0.717, 1.165) is 5.39 Å². The minimum atomic E-state index is -0.800. The van der Waals surface area contributed by atoms with Crippen LogP contribution < -0.4 is 0 Å². The fourth-order valence-electron chi connectivity index (χ4n) is 1.91. The molecule has 0 unspecified atom stereocenters. The number of benzene rings is 1. The molecule has 0 fully saturated rings. The number of aromatic amines is 1. The lowest BCUT2D eigenvalue weighted by molar-refractivity contribution is -0.0367. The first kappa shape index (κ1) is 13.5. The van der Waals surface area contributed by atoms with E-state index in [1.54, 1.807) is 26.1 Å². The maximum absolute atomic E-state index is 13.9. The fraction of sp³-hybridized carbons (Fsp3) is 0.357. The van der Waals surface area contributed by atoms with Gasteiger partial charge in [-0.3, -0.25) is 0 Å². The Morgan fingerprint density at radius 1 is 1.42 bits per heavy atom. The molecule has 4 nitrogen and oxygen atoms in total.